The molecule has 0 fully saturated rings. The molecule has 0 unspecified atom stereocenters. The van der Waals surface area contributed by atoms with Crippen LogP contribution in [0.15, 0.2) is 0 Å². The fourth-order valence-corrected chi connectivity index (χ4v) is 0. The fraction of sp³-hybridized carbons (Fsp3) is 0. The van der Waals surface area contributed by atoms with Gasteiger partial charge >= 0.3 is 36.8 Å². The Morgan fingerprint density at radius 2 is 1.29 bits per heavy atom. The molecule has 0 aromatic carbocycles. The van der Waals surface area contributed by atoms with Crippen molar-refractivity contribution in [1.82, 2.24) is 0 Å². The SMILES string of the molecule is O=C([O-])[O-].[Cu+2].[O]=[Cu]. The second kappa shape index (κ2) is 16.5. The molecule has 0 N–H and O–H groups in total. The van der Waals surface area contributed by atoms with E-state index in [1.54, 1.807) is 0 Å². The minimum absolute atomic E-state index is 0. The van der Waals surface area contributed by atoms with Gasteiger partial charge < -0.3 is 15.0 Å². The molecule has 1 radical (unpaired) electrons. The molecule has 0 saturated heterocycles. The molecule has 4 nitrogen and oxygen atoms in total. The molecule has 0 rings (SSSR count). The summed E-state index contributed by atoms with van der Waals surface area (Å²) in [4.78, 5) is 8.33. The molecule has 0 saturated carbocycles. The molecule has 50 valence electrons. The van der Waals surface area contributed by atoms with Crippen LogP contribution in [0.1, 0.15) is 0 Å². The van der Waals surface area contributed by atoms with Crippen LogP contribution in [0.3, 0.4) is 0 Å². The minimum atomic E-state index is -2.33. The van der Waals surface area contributed by atoms with E-state index in [4.69, 9.17) is 18.8 Å². The van der Waals surface area contributed by atoms with Crippen molar-refractivity contribution in [3.63, 3.8) is 0 Å². The molecule has 7 heavy (non-hydrogen) atoms. The predicted octanol–water partition coefficient (Wildman–Crippen LogP) is -2.57. The summed E-state index contributed by atoms with van der Waals surface area (Å²) in [5.74, 6) is 0. The first-order chi connectivity index (χ1) is 2.73. The number of rotatable bonds is 0. The van der Waals surface area contributed by atoms with Gasteiger partial charge in [0.25, 0.3) is 0 Å². The van der Waals surface area contributed by atoms with Crippen LogP contribution < -0.4 is 10.2 Å². The van der Waals surface area contributed by atoms with Crippen LogP contribution >= 0.6 is 0 Å². The van der Waals surface area contributed by atoms with Gasteiger partial charge in [-0.05, 0) is 6.16 Å². The molecule has 0 aromatic heterocycles. The normalized spacial score (nSPS) is 4.29. The van der Waals surface area contributed by atoms with Crippen LogP contribution in [-0.2, 0) is 36.8 Å². The van der Waals surface area contributed by atoms with E-state index in [0.29, 0.717) is 0 Å². The van der Waals surface area contributed by atoms with E-state index >= 15 is 0 Å². The van der Waals surface area contributed by atoms with Gasteiger partial charge in [0.1, 0.15) is 0 Å². The predicted molar refractivity (Wildman–Crippen MR) is 6.08 cm³/mol. The molecule has 0 heterocycles. The second-order valence-corrected chi connectivity index (χ2v) is 0.250. The maximum absolute atomic E-state index is 8.33. The summed E-state index contributed by atoms with van der Waals surface area (Å²) in [5.41, 5.74) is 0. The first-order valence-corrected chi connectivity index (χ1v) is 1.12. The van der Waals surface area contributed by atoms with E-state index in [9.17, 15) is 0 Å². The zero-order valence-corrected chi connectivity index (χ0v) is 4.62. The van der Waals surface area contributed by atoms with Crippen molar-refractivity contribution in [3.05, 3.63) is 0 Å². The molecule has 0 aliphatic heterocycles. The summed E-state index contributed by atoms with van der Waals surface area (Å²) in [5, 5.41) is 16.7. The summed E-state index contributed by atoms with van der Waals surface area (Å²) in [6, 6.07) is 0. The van der Waals surface area contributed by atoms with Crippen molar-refractivity contribution < 1.29 is 51.9 Å². The van der Waals surface area contributed by atoms with E-state index in [2.05, 4.69) is 15.9 Å². The molecule has 0 atom stereocenters. The Morgan fingerprint density at radius 1 is 1.29 bits per heavy atom. The van der Waals surface area contributed by atoms with Gasteiger partial charge in [0.05, 0.1) is 0 Å². The standard InChI is InChI=1S/CH2O3.2Cu.O/c2-1(3)4;;;/h(H2,2,3,4);;;/q;;+2;/p-2. The van der Waals surface area contributed by atoms with Gasteiger partial charge in [-0.3, -0.25) is 0 Å². The van der Waals surface area contributed by atoms with Gasteiger partial charge in [-0.25, -0.2) is 0 Å². The van der Waals surface area contributed by atoms with Gasteiger partial charge in [0.15, 0.2) is 0 Å². The Labute approximate surface area is 58.4 Å². The van der Waals surface area contributed by atoms with Crippen LogP contribution in [0.4, 0.5) is 4.79 Å². The molecule has 6 heteroatoms. The summed E-state index contributed by atoms with van der Waals surface area (Å²) in [6.45, 7) is 0. The number of carbonyl (C=O) groups is 1. The third kappa shape index (κ3) is 8690. The maximum atomic E-state index is 8.33. The van der Waals surface area contributed by atoms with Crippen molar-refractivity contribution in [2.24, 2.45) is 0 Å². The van der Waals surface area contributed by atoms with E-state index < -0.39 is 6.16 Å². The number of hydrogen-bond acceptors (Lipinski definition) is 4. The van der Waals surface area contributed by atoms with Gasteiger partial charge in [0, 0.05) is 0 Å². The molecule has 0 aromatic rings. The number of hydrogen-bond donors (Lipinski definition) is 0. The van der Waals surface area contributed by atoms with Gasteiger partial charge in [-0.15, -0.1) is 0 Å². The summed E-state index contributed by atoms with van der Waals surface area (Å²) in [6.07, 6.45) is -2.33. The molecular formula is CCu2O4. The topological polar surface area (TPSA) is 80.3 Å². The van der Waals surface area contributed by atoms with E-state index in [-0.39, 0.29) is 17.1 Å². The van der Waals surface area contributed by atoms with Gasteiger partial charge in [-0.1, -0.05) is 0 Å². The first-order valence-electron chi connectivity index (χ1n) is 0.735. The van der Waals surface area contributed by atoms with E-state index in [1.165, 1.54) is 0 Å². The van der Waals surface area contributed by atoms with Crippen LogP contribution in [0.25, 0.3) is 0 Å². The average molecular weight is 203 g/mol. The van der Waals surface area contributed by atoms with Crippen molar-refractivity contribution >= 4 is 6.16 Å². The van der Waals surface area contributed by atoms with Crippen molar-refractivity contribution in [3.8, 4) is 0 Å². The molecule has 0 aliphatic carbocycles. The average Bonchev–Trinajstić information content (AvgIpc) is 1.41. The molecule has 0 amide bonds. The van der Waals surface area contributed by atoms with Gasteiger partial charge in [0.2, 0.25) is 0 Å². The Bertz CT molecular complexity index is 41.0. The second-order valence-electron chi connectivity index (χ2n) is 0.250. The first kappa shape index (κ1) is 15.7. The van der Waals surface area contributed by atoms with E-state index in [0.717, 1.165) is 0 Å². The van der Waals surface area contributed by atoms with Crippen LogP contribution in [0.2, 0.25) is 0 Å². The molecule has 0 bridgehead atoms. The molecule has 0 spiro atoms. The Balaban J connectivity index is -0.0000000480. The third-order valence-electron chi connectivity index (χ3n) is 0. The number of carboxylic acid groups (broad SMARTS) is 2. The Kier molecular flexibility index (Phi) is 37.0. The van der Waals surface area contributed by atoms with E-state index in [1.807, 2.05) is 0 Å². The summed E-state index contributed by atoms with van der Waals surface area (Å²) in [7, 11) is 0. The molecular weight excluding hydrogens is 203 g/mol. The Morgan fingerprint density at radius 3 is 1.29 bits per heavy atom. The quantitative estimate of drug-likeness (QED) is 0.405. The van der Waals surface area contributed by atoms with Crippen LogP contribution in [-0.4, -0.2) is 6.16 Å². The van der Waals surface area contributed by atoms with Crippen molar-refractivity contribution in [2.75, 3.05) is 0 Å². The Hall–Kier alpha value is 0.109. The summed E-state index contributed by atoms with van der Waals surface area (Å²) < 4.78 is 7.81. The fourth-order valence-electron chi connectivity index (χ4n) is 0. The van der Waals surface area contributed by atoms with Crippen molar-refractivity contribution in [1.29, 1.82) is 0 Å². The summed E-state index contributed by atoms with van der Waals surface area (Å²) >= 11 is 2.94. The van der Waals surface area contributed by atoms with Gasteiger partial charge in [-0.2, -0.15) is 0 Å². The van der Waals surface area contributed by atoms with Crippen LogP contribution in [0, 0.1) is 0 Å². The monoisotopic (exact) mass is 202 g/mol. The third-order valence-corrected chi connectivity index (χ3v) is 0. The van der Waals surface area contributed by atoms with Crippen molar-refractivity contribution in [2.45, 2.75) is 0 Å². The molecule has 0 aliphatic rings. The zero-order valence-electron chi connectivity index (χ0n) is 2.74. The number of carbonyl (C=O) groups excluding carboxylic acids is 1. The zero-order chi connectivity index (χ0) is 5.58. The van der Waals surface area contributed by atoms with Crippen LogP contribution in [0.5, 0.6) is 0 Å².